The van der Waals surface area contributed by atoms with E-state index < -0.39 is 5.97 Å². The van der Waals surface area contributed by atoms with Gasteiger partial charge in [0.1, 0.15) is 0 Å². The number of rotatable bonds is 4. The first-order valence-electron chi connectivity index (χ1n) is 5.48. The Balaban J connectivity index is 2.33. The van der Waals surface area contributed by atoms with Crippen LogP contribution in [0.1, 0.15) is 24.6 Å². The molecule has 1 unspecified atom stereocenters. The van der Waals surface area contributed by atoms with Crippen molar-refractivity contribution >= 4 is 16.9 Å². The molecule has 1 aromatic carbocycles. The van der Waals surface area contributed by atoms with Crippen LogP contribution in [0.4, 0.5) is 0 Å². The minimum absolute atomic E-state index is 0.0701. The molecule has 90 valence electrons. The van der Waals surface area contributed by atoms with Gasteiger partial charge in [0, 0.05) is 24.9 Å². The Morgan fingerprint density at radius 1 is 1.53 bits per heavy atom. The zero-order chi connectivity index (χ0) is 12.4. The number of nitrogens with two attached hydrogens (primary N) is 1. The van der Waals surface area contributed by atoms with Crippen LogP contribution in [0.15, 0.2) is 24.3 Å². The lowest BCUT2D eigenvalue weighted by Crippen LogP contribution is -2.16. The number of aryl methyl sites for hydroxylation is 1. The van der Waals surface area contributed by atoms with Crippen LogP contribution in [0.2, 0.25) is 0 Å². The SMILES string of the molecule is Cn1nc2ccccc2c1C(N)CCC(=O)O. The van der Waals surface area contributed by atoms with E-state index >= 15 is 0 Å². The summed E-state index contributed by atoms with van der Waals surface area (Å²) in [6, 6.07) is 7.42. The van der Waals surface area contributed by atoms with Gasteiger partial charge in [0.15, 0.2) is 0 Å². The van der Waals surface area contributed by atoms with Gasteiger partial charge in [-0.25, -0.2) is 0 Å². The van der Waals surface area contributed by atoms with Crippen molar-refractivity contribution in [3.05, 3.63) is 30.0 Å². The van der Waals surface area contributed by atoms with Crippen molar-refractivity contribution in [3.8, 4) is 0 Å². The van der Waals surface area contributed by atoms with Gasteiger partial charge < -0.3 is 10.8 Å². The number of carboxylic acid groups (broad SMARTS) is 1. The van der Waals surface area contributed by atoms with Crippen molar-refractivity contribution in [1.29, 1.82) is 0 Å². The van der Waals surface area contributed by atoms with Crippen molar-refractivity contribution in [3.63, 3.8) is 0 Å². The number of aromatic nitrogens is 2. The molecule has 0 aliphatic rings. The molecule has 5 heteroatoms. The normalized spacial score (nSPS) is 12.8. The van der Waals surface area contributed by atoms with Crippen LogP contribution >= 0.6 is 0 Å². The zero-order valence-electron chi connectivity index (χ0n) is 9.63. The summed E-state index contributed by atoms with van der Waals surface area (Å²) in [6.45, 7) is 0. The Morgan fingerprint density at radius 2 is 2.24 bits per heavy atom. The fraction of sp³-hybridized carbons (Fsp3) is 0.333. The summed E-state index contributed by atoms with van der Waals surface area (Å²) in [5, 5.41) is 14.0. The van der Waals surface area contributed by atoms with Crippen molar-refractivity contribution in [1.82, 2.24) is 9.78 Å². The van der Waals surface area contributed by atoms with E-state index in [2.05, 4.69) is 5.10 Å². The number of benzene rings is 1. The topological polar surface area (TPSA) is 81.1 Å². The summed E-state index contributed by atoms with van der Waals surface area (Å²) in [5.41, 5.74) is 7.81. The van der Waals surface area contributed by atoms with Crippen LogP contribution in [0, 0.1) is 0 Å². The zero-order valence-corrected chi connectivity index (χ0v) is 9.63. The molecule has 1 aromatic heterocycles. The molecule has 0 saturated heterocycles. The van der Waals surface area contributed by atoms with Crippen LogP contribution in [0.25, 0.3) is 10.9 Å². The number of hydrogen-bond acceptors (Lipinski definition) is 3. The second-order valence-corrected chi connectivity index (χ2v) is 4.06. The fourth-order valence-corrected chi connectivity index (χ4v) is 2.02. The Kier molecular flexibility index (Phi) is 3.10. The van der Waals surface area contributed by atoms with Crippen LogP contribution in [-0.2, 0) is 11.8 Å². The van der Waals surface area contributed by atoms with E-state index in [0.29, 0.717) is 6.42 Å². The van der Waals surface area contributed by atoms with E-state index in [-0.39, 0.29) is 12.5 Å². The molecule has 1 atom stereocenters. The molecule has 2 aromatic rings. The predicted molar refractivity (Wildman–Crippen MR) is 64.5 cm³/mol. The molecule has 0 fully saturated rings. The summed E-state index contributed by atoms with van der Waals surface area (Å²) >= 11 is 0. The Bertz CT molecular complexity index is 548. The minimum atomic E-state index is -0.827. The summed E-state index contributed by atoms with van der Waals surface area (Å²) in [5.74, 6) is -0.827. The van der Waals surface area contributed by atoms with Crippen molar-refractivity contribution in [2.24, 2.45) is 12.8 Å². The predicted octanol–water partition coefficient (Wildman–Crippen LogP) is 1.44. The highest BCUT2D eigenvalue weighted by Gasteiger charge is 2.16. The van der Waals surface area contributed by atoms with Gasteiger partial charge in [-0.1, -0.05) is 18.2 Å². The first-order valence-corrected chi connectivity index (χ1v) is 5.48. The van der Waals surface area contributed by atoms with Gasteiger partial charge in [-0.2, -0.15) is 5.10 Å². The van der Waals surface area contributed by atoms with Crippen LogP contribution in [0.5, 0.6) is 0 Å². The lowest BCUT2D eigenvalue weighted by Gasteiger charge is -2.11. The maximum Gasteiger partial charge on any atom is 0.303 e. The highest BCUT2D eigenvalue weighted by molar-refractivity contribution is 5.82. The molecule has 0 amide bonds. The maximum absolute atomic E-state index is 10.5. The lowest BCUT2D eigenvalue weighted by atomic mass is 10.1. The molecular weight excluding hydrogens is 218 g/mol. The fourth-order valence-electron chi connectivity index (χ4n) is 2.02. The molecule has 5 nitrogen and oxygen atoms in total. The highest BCUT2D eigenvalue weighted by Crippen LogP contribution is 2.24. The van der Waals surface area contributed by atoms with Crippen molar-refractivity contribution < 1.29 is 9.90 Å². The molecule has 0 spiro atoms. The number of aliphatic carboxylic acids is 1. The summed E-state index contributed by atoms with van der Waals surface area (Å²) in [4.78, 5) is 10.5. The van der Waals surface area contributed by atoms with E-state index in [9.17, 15) is 4.79 Å². The molecule has 0 aliphatic carbocycles. The third kappa shape index (κ3) is 2.29. The van der Waals surface area contributed by atoms with E-state index in [1.165, 1.54) is 0 Å². The molecule has 0 radical (unpaired) electrons. The number of carboxylic acids is 1. The average Bonchev–Trinajstić information content (AvgIpc) is 2.61. The minimum Gasteiger partial charge on any atom is -0.481 e. The van der Waals surface area contributed by atoms with Gasteiger partial charge in [-0.15, -0.1) is 0 Å². The number of nitrogens with zero attached hydrogens (tertiary/aromatic N) is 2. The monoisotopic (exact) mass is 233 g/mol. The van der Waals surface area contributed by atoms with Gasteiger partial charge in [0.25, 0.3) is 0 Å². The van der Waals surface area contributed by atoms with Gasteiger partial charge in [-0.3, -0.25) is 9.48 Å². The third-order valence-electron chi connectivity index (χ3n) is 2.81. The lowest BCUT2D eigenvalue weighted by molar-refractivity contribution is -0.137. The summed E-state index contributed by atoms with van der Waals surface area (Å²) in [6.07, 6.45) is 0.486. The Hall–Kier alpha value is -1.88. The second-order valence-electron chi connectivity index (χ2n) is 4.06. The smallest absolute Gasteiger partial charge is 0.303 e. The van der Waals surface area contributed by atoms with Gasteiger partial charge in [-0.05, 0) is 12.5 Å². The molecule has 2 rings (SSSR count). The Morgan fingerprint density at radius 3 is 2.94 bits per heavy atom. The highest BCUT2D eigenvalue weighted by atomic mass is 16.4. The largest absolute Gasteiger partial charge is 0.481 e. The van der Waals surface area contributed by atoms with E-state index in [0.717, 1.165) is 16.6 Å². The summed E-state index contributed by atoms with van der Waals surface area (Å²) in [7, 11) is 1.83. The second kappa shape index (κ2) is 4.55. The summed E-state index contributed by atoms with van der Waals surface area (Å²) < 4.78 is 1.73. The quantitative estimate of drug-likeness (QED) is 0.837. The number of hydrogen-bond donors (Lipinski definition) is 2. The van der Waals surface area contributed by atoms with Crippen molar-refractivity contribution in [2.75, 3.05) is 0 Å². The maximum atomic E-state index is 10.5. The molecule has 3 N–H and O–H groups in total. The van der Waals surface area contributed by atoms with E-state index in [1.807, 2.05) is 31.3 Å². The van der Waals surface area contributed by atoms with Gasteiger partial charge >= 0.3 is 5.97 Å². The molecule has 0 aliphatic heterocycles. The molecule has 17 heavy (non-hydrogen) atoms. The molecule has 1 heterocycles. The van der Waals surface area contributed by atoms with Gasteiger partial charge in [0.05, 0.1) is 11.2 Å². The van der Waals surface area contributed by atoms with Crippen LogP contribution in [-0.4, -0.2) is 20.9 Å². The first kappa shape index (κ1) is 11.6. The Labute approximate surface area is 98.8 Å². The van der Waals surface area contributed by atoms with Crippen molar-refractivity contribution in [2.45, 2.75) is 18.9 Å². The van der Waals surface area contributed by atoms with Gasteiger partial charge in [0.2, 0.25) is 0 Å². The number of carbonyl (C=O) groups is 1. The van der Waals surface area contributed by atoms with Crippen LogP contribution in [0.3, 0.4) is 0 Å². The van der Waals surface area contributed by atoms with E-state index in [1.54, 1.807) is 4.68 Å². The first-order chi connectivity index (χ1) is 8.09. The third-order valence-corrected chi connectivity index (χ3v) is 2.81. The number of fused-ring (bicyclic) bond motifs is 1. The van der Waals surface area contributed by atoms with Crippen LogP contribution < -0.4 is 5.73 Å². The average molecular weight is 233 g/mol. The van der Waals surface area contributed by atoms with E-state index in [4.69, 9.17) is 10.8 Å². The standard InChI is InChI=1S/C12H15N3O2/c1-15-12(9(13)6-7-11(16)17)8-4-2-3-5-10(8)14-15/h2-5,9H,6-7,13H2,1H3,(H,16,17). The molecular formula is C12H15N3O2. The molecule has 0 bridgehead atoms. The molecule has 0 saturated carbocycles.